The zero-order chi connectivity index (χ0) is 20.4. The Morgan fingerprint density at radius 1 is 0.857 bits per heavy atom. The molecule has 0 fully saturated rings. The summed E-state index contributed by atoms with van der Waals surface area (Å²) in [4.78, 5) is 11.7. The number of hydrogen-bond acceptors (Lipinski definition) is 5. The maximum atomic E-state index is 11.7. The Labute approximate surface area is 163 Å². The van der Waals surface area contributed by atoms with E-state index in [2.05, 4.69) is 34.2 Å². The van der Waals surface area contributed by atoms with E-state index in [0.717, 1.165) is 0 Å². The molecule has 2 aromatic carbocycles. The van der Waals surface area contributed by atoms with Crippen molar-refractivity contribution in [1.29, 1.82) is 0 Å². The maximum Gasteiger partial charge on any atom is 0.355 e. The number of allylic oxidation sites excluding steroid dienone is 2. The van der Waals surface area contributed by atoms with E-state index in [1.165, 1.54) is 12.4 Å². The number of phenolic OH excluding ortho intramolecular Hbond substituents is 2. The van der Waals surface area contributed by atoms with Gasteiger partial charge in [-0.05, 0) is 36.1 Å². The molecule has 0 aromatic heterocycles. The van der Waals surface area contributed by atoms with Crippen molar-refractivity contribution in [3.63, 3.8) is 0 Å². The van der Waals surface area contributed by atoms with Crippen molar-refractivity contribution in [3.8, 4) is 11.5 Å². The van der Waals surface area contributed by atoms with Crippen LogP contribution in [0.5, 0.6) is 11.5 Å². The molecule has 2 rings (SSSR count). The molecule has 0 aliphatic heterocycles. The van der Waals surface area contributed by atoms with Crippen LogP contribution in [0.2, 0.25) is 0 Å². The summed E-state index contributed by atoms with van der Waals surface area (Å²) in [6.45, 7) is 7.28. The van der Waals surface area contributed by atoms with Gasteiger partial charge in [0.05, 0.1) is 12.4 Å². The predicted octanol–water partition coefficient (Wildman–Crippen LogP) is 3.22. The van der Waals surface area contributed by atoms with Crippen molar-refractivity contribution in [2.24, 2.45) is 10.2 Å². The largest absolute Gasteiger partial charge is 0.507 e. The molecule has 0 atom stereocenters. The lowest BCUT2D eigenvalue weighted by Gasteiger charge is -2.05. The molecule has 144 valence electrons. The van der Waals surface area contributed by atoms with Gasteiger partial charge in [0.15, 0.2) is 0 Å². The fourth-order valence-electron chi connectivity index (χ4n) is 2.42. The predicted molar refractivity (Wildman–Crippen MR) is 111 cm³/mol. The molecule has 0 unspecified atom stereocenters. The summed E-state index contributed by atoms with van der Waals surface area (Å²) in [6, 6.07) is 9.78. The van der Waals surface area contributed by atoms with E-state index >= 15 is 0 Å². The molecule has 0 aliphatic carbocycles. The van der Waals surface area contributed by atoms with Crippen molar-refractivity contribution < 1.29 is 15.0 Å². The van der Waals surface area contributed by atoms with Crippen molar-refractivity contribution in [1.82, 2.24) is 10.9 Å². The third-order valence-electron chi connectivity index (χ3n) is 3.77. The average Bonchev–Trinajstić information content (AvgIpc) is 2.68. The molecular weight excluding hydrogens is 356 g/mol. The molecule has 2 aromatic rings. The van der Waals surface area contributed by atoms with Crippen LogP contribution in [0, 0.1) is 0 Å². The molecule has 0 bridgehead atoms. The molecule has 0 saturated carbocycles. The lowest BCUT2D eigenvalue weighted by Crippen LogP contribution is -2.28. The summed E-state index contributed by atoms with van der Waals surface area (Å²) in [5.41, 5.74) is 6.84. The van der Waals surface area contributed by atoms with E-state index in [1.54, 1.807) is 48.6 Å². The lowest BCUT2D eigenvalue weighted by molar-refractivity contribution is 0.242. The Morgan fingerprint density at radius 3 is 1.68 bits per heavy atom. The number of para-hydroxylation sites is 2. The van der Waals surface area contributed by atoms with Gasteiger partial charge < -0.3 is 10.2 Å². The Morgan fingerprint density at radius 2 is 1.29 bits per heavy atom. The van der Waals surface area contributed by atoms with Gasteiger partial charge in [0.2, 0.25) is 0 Å². The Hall–Kier alpha value is -3.87. The molecule has 28 heavy (non-hydrogen) atoms. The highest BCUT2D eigenvalue weighted by Crippen LogP contribution is 2.22. The first kappa shape index (κ1) is 20.4. The highest BCUT2D eigenvalue weighted by atomic mass is 16.3. The summed E-state index contributed by atoms with van der Waals surface area (Å²) in [5, 5.41) is 27.8. The third-order valence-corrected chi connectivity index (χ3v) is 3.77. The van der Waals surface area contributed by atoms with Crippen LogP contribution in [0.4, 0.5) is 4.79 Å². The summed E-state index contributed by atoms with van der Waals surface area (Å²) >= 11 is 0. The number of hydrazone groups is 2. The topological polar surface area (TPSA) is 106 Å². The van der Waals surface area contributed by atoms with Crippen LogP contribution >= 0.6 is 0 Å². The molecule has 7 nitrogen and oxygen atoms in total. The van der Waals surface area contributed by atoms with Gasteiger partial charge in [0, 0.05) is 11.1 Å². The molecule has 0 aliphatic rings. The Balaban J connectivity index is 1.93. The highest BCUT2D eigenvalue weighted by Gasteiger charge is 2.05. The minimum absolute atomic E-state index is 0.0845. The number of benzene rings is 2. The zero-order valence-corrected chi connectivity index (χ0v) is 15.3. The number of phenols is 2. The number of nitrogens with zero attached hydrogens (tertiary/aromatic N) is 2. The van der Waals surface area contributed by atoms with Crippen LogP contribution in [0.3, 0.4) is 0 Å². The summed E-state index contributed by atoms with van der Waals surface area (Å²) in [5.74, 6) is 0.169. The van der Waals surface area contributed by atoms with Gasteiger partial charge in [-0.15, -0.1) is 13.2 Å². The van der Waals surface area contributed by atoms with Gasteiger partial charge in [-0.2, -0.15) is 10.2 Å². The fourth-order valence-corrected chi connectivity index (χ4v) is 2.42. The molecule has 2 amide bonds. The quantitative estimate of drug-likeness (QED) is 0.322. The monoisotopic (exact) mass is 378 g/mol. The number of carbonyl (C=O) groups is 1. The van der Waals surface area contributed by atoms with E-state index in [1.807, 2.05) is 0 Å². The lowest BCUT2D eigenvalue weighted by atomic mass is 10.1. The first-order valence-electron chi connectivity index (χ1n) is 8.52. The van der Waals surface area contributed by atoms with Crippen LogP contribution < -0.4 is 10.9 Å². The van der Waals surface area contributed by atoms with Crippen molar-refractivity contribution in [2.45, 2.75) is 12.8 Å². The Bertz CT molecular complexity index is 846. The van der Waals surface area contributed by atoms with Gasteiger partial charge in [0.1, 0.15) is 11.5 Å². The Kier molecular flexibility index (Phi) is 7.53. The number of hydrogen-bond donors (Lipinski definition) is 4. The number of aromatic hydroxyl groups is 2. The van der Waals surface area contributed by atoms with E-state index in [9.17, 15) is 15.0 Å². The van der Waals surface area contributed by atoms with Gasteiger partial charge in [-0.25, -0.2) is 15.6 Å². The first-order valence-corrected chi connectivity index (χ1v) is 8.52. The fraction of sp³-hybridized carbons (Fsp3) is 0.0952. The van der Waals surface area contributed by atoms with Crippen molar-refractivity contribution >= 4 is 18.5 Å². The number of rotatable bonds is 8. The van der Waals surface area contributed by atoms with Gasteiger partial charge in [-0.3, -0.25) is 0 Å². The second-order valence-electron chi connectivity index (χ2n) is 5.76. The number of amides is 2. The maximum absolute atomic E-state index is 11.7. The van der Waals surface area contributed by atoms with Gasteiger partial charge in [-0.1, -0.05) is 36.4 Å². The molecule has 0 radical (unpaired) electrons. The van der Waals surface area contributed by atoms with Gasteiger partial charge >= 0.3 is 6.03 Å². The van der Waals surface area contributed by atoms with E-state index in [0.29, 0.717) is 35.1 Å². The molecular formula is C21H22N4O3. The average molecular weight is 378 g/mol. The van der Waals surface area contributed by atoms with Crippen LogP contribution in [0.1, 0.15) is 22.3 Å². The van der Waals surface area contributed by atoms with Crippen LogP contribution in [-0.4, -0.2) is 28.7 Å². The minimum Gasteiger partial charge on any atom is -0.507 e. The smallest absolute Gasteiger partial charge is 0.355 e. The highest BCUT2D eigenvalue weighted by molar-refractivity contribution is 5.87. The molecule has 7 heteroatoms. The van der Waals surface area contributed by atoms with E-state index in [-0.39, 0.29) is 11.5 Å². The molecule has 0 spiro atoms. The summed E-state index contributed by atoms with van der Waals surface area (Å²) in [6.07, 6.45) is 7.08. The SMILES string of the molecule is C=CCc1cccc(/C=N/NC(=O)N/N=C/c2cccc(CC=C)c2O)c1O. The molecule has 4 N–H and O–H groups in total. The van der Waals surface area contributed by atoms with Crippen molar-refractivity contribution in [2.75, 3.05) is 0 Å². The summed E-state index contributed by atoms with van der Waals surface area (Å²) in [7, 11) is 0. The van der Waals surface area contributed by atoms with E-state index in [4.69, 9.17) is 0 Å². The normalized spacial score (nSPS) is 10.9. The van der Waals surface area contributed by atoms with Crippen LogP contribution in [-0.2, 0) is 12.8 Å². The first-order chi connectivity index (χ1) is 13.6. The number of carbonyl (C=O) groups excluding carboxylic acids is 1. The van der Waals surface area contributed by atoms with E-state index < -0.39 is 6.03 Å². The number of urea groups is 1. The van der Waals surface area contributed by atoms with Crippen molar-refractivity contribution in [3.05, 3.63) is 84.0 Å². The second-order valence-corrected chi connectivity index (χ2v) is 5.76. The molecule has 0 heterocycles. The van der Waals surface area contributed by atoms with Crippen LogP contribution in [0.15, 0.2) is 71.9 Å². The summed E-state index contributed by atoms with van der Waals surface area (Å²) < 4.78 is 0. The molecule has 0 saturated heterocycles. The minimum atomic E-state index is -0.670. The van der Waals surface area contributed by atoms with Crippen LogP contribution in [0.25, 0.3) is 0 Å². The number of nitrogens with one attached hydrogen (secondary N) is 2. The second kappa shape index (κ2) is 10.3. The standard InChI is InChI=1S/C21H22N4O3/c1-3-7-15-9-5-11-17(19(15)26)13-22-24-21(28)25-23-14-18-12-6-10-16(8-4-2)20(18)27/h3-6,9-14,26-27H,1-2,7-8H2,(H2,24,25,28)/b22-13+,23-14+. The third kappa shape index (κ3) is 5.57. The van der Waals surface area contributed by atoms with Gasteiger partial charge in [0.25, 0.3) is 0 Å². The zero-order valence-electron chi connectivity index (χ0n) is 15.3.